The van der Waals surface area contributed by atoms with Gasteiger partial charge in [0.2, 0.25) is 0 Å². The Morgan fingerprint density at radius 2 is 2.14 bits per heavy atom. The van der Waals surface area contributed by atoms with Crippen molar-refractivity contribution in [3.05, 3.63) is 59.8 Å². The Morgan fingerprint density at radius 1 is 1.23 bits per heavy atom. The van der Waals surface area contributed by atoms with Gasteiger partial charge in [0.15, 0.2) is 0 Å². The molecule has 0 saturated heterocycles. The lowest BCUT2D eigenvalue weighted by Crippen LogP contribution is -2.23. The van der Waals surface area contributed by atoms with Crippen LogP contribution in [-0.2, 0) is 6.54 Å². The molecular formula is C17H16N4O. The monoisotopic (exact) mass is 292 g/mol. The fraction of sp³-hybridized carbons (Fsp3) is 0.235. The number of benzene rings is 1. The Hall–Kier alpha value is -2.69. The number of carbonyl (C=O) groups excluding carboxylic acids is 1. The molecule has 0 bridgehead atoms. The first-order valence-corrected chi connectivity index (χ1v) is 7.46. The number of rotatable bonds is 4. The summed E-state index contributed by atoms with van der Waals surface area (Å²) in [4.78, 5) is 23.9. The number of nitrogens with zero attached hydrogens (tertiary/aromatic N) is 2. The molecule has 1 aromatic carbocycles. The Kier molecular flexibility index (Phi) is 3.11. The third kappa shape index (κ3) is 2.57. The average molecular weight is 292 g/mol. The molecule has 2 heterocycles. The summed E-state index contributed by atoms with van der Waals surface area (Å²) in [6.45, 7) is 0.423. The molecule has 0 spiro atoms. The minimum atomic E-state index is -0.0883. The number of nitrogens with one attached hydrogen (secondary N) is 2. The Balaban J connectivity index is 1.46. The number of aromatic nitrogens is 3. The van der Waals surface area contributed by atoms with Gasteiger partial charge in [-0.25, -0.2) is 9.97 Å². The van der Waals surface area contributed by atoms with Crippen molar-refractivity contribution in [2.45, 2.75) is 25.3 Å². The van der Waals surface area contributed by atoms with E-state index in [1.54, 1.807) is 6.33 Å². The highest BCUT2D eigenvalue weighted by atomic mass is 16.1. The number of amides is 1. The van der Waals surface area contributed by atoms with Crippen LogP contribution in [0.2, 0.25) is 0 Å². The number of hydrogen-bond acceptors (Lipinski definition) is 3. The lowest BCUT2D eigenvalue weighted by Gasteiger charge is -2.06. The summed E-state index contributed by atoms with van der Waals surface area (Å²) in [6, 6.07) is 9.58. The number of H-pyrrole nitrogens is 1. The molecule has 5 heteroatoms. The van der Waals surface area contributed by atoms with Gasteiger partial charge in [-0.3, -0.25) is 4.79 Å². The molecule has 2 N–H and O–H groups in total. The van der Waals surface area contributed by atoms with Gasteiger partial charge < -0.3 is 10.3 Å². The van der Waals surface area contributed by atoms with E-state index in [0.29, 0.717) is 18.0 Å². The molecule has 1 aliphatic carbocycles. The van der Waals surface area contributed by atoms with Crippen molar-refractivity contribution in [2.75, 3.05) is 0 Å². The van der Waals surface area contributed by atoms with Crippen molar-refractivity contribution in [3.8, 4) is 0 Å². The van der Waals surface area contributed by atoms with Gasteiger partial charge in [-0.1, -0.05) is 0 Å². The third-order valence-corrected chi connectivity index (χ3v) is 3.99. The van der Waals surface area contributed by atoms with E-state index >= 15 is 0 Å². The topological polar surface area (TPSA) is 70.7 Å². The molecule has 0 atom stereocenters. The minimum absolute atomic E-state index is 0.0883. The molecule has 0 aliphatic heterocycles. The molecule has 5 nitrogen and oxygen atoms in total. The molecule has 0 radical (unpaired) electrons. The second kappa shape index (κ2) is 5.26. The summed E-state index contributed by atoms with van der Waals surface area (Å²) >= 11 is 0. The largest absolute Gasteiger partial charge is 0.361 e. The molecule has 110 valence electrons. The standard InChI is InChI=1S/C17H16N4O/c22-17(13-3-4-15-12(7-13)5-6-18-15)19-9-14-8-16(11-1-2-11)21-10-20-14/h3-8,10-11,18H,1-2,9H2,(H,19,22). The van der Waals surface area contributed by atoms with E-state index in [4.69, 9.17) is 0 Å². The third-order valence-electron chi connectivity index (χ3n) is 3.99. The van der Waals surface area contributed by atoms with Crippen molar-refractivity contribution in [2.24, 2.45) is 0 Å². The summed E-state index contributed by atoms with van der Waals surface area (Å²) < 4.78 is 0. The fourth-order valence-electron chi connectivity index (χ4n) is 2.58. The maximum atomic E-state index is 12.2. The van der Waals surface area contributed by atoms with Crippen LogP contribution in [0.1, 0.15) is 40.5 Å². The van der Waals surface area contributed by atoms with Crippen LogP contribution in [0.5, 0.6) is 0 Å². The van der Waals surface area contributed by atoms with Crippen LogP contribution in [0.4, 0.5) is 0 Å². The van der Waals surface area contributed by atoms with E-state index in [0.717, 1.165) is 22.3 Å². The van der Waals surface area contributed by atoms with Gasteiger partial charge >= 0.3 is 0 Å². The zero-order valence-electron chi connectivity index (χ0n) is 12.0. The van der Waals surface area contributed by atoms with Gasteiger partial charge in [0.25, 0.3) is 5.91 Å². The van der Waals surface area contributed by atoms with Crippen LogP contribution in [0.25, 0.3) is 10.9 Å². The smallest absolute Gasteiger partial charge is 0.251 e. The zero-order chi connectivity index (χ0) is 14.9. The highest BCUT2D eigenvalue weighted by molar-refractivity contribution is 5.97. The highest BCUT2D eigenvalue weighted by Crippen LogP contribution is 2.38. The van der Waals surface area contributed by atoms with Gasteiger partial charge in [-0.15, -0.1) is 0 Å². The van der Waals surface area contributed by atoms with Crippen LogP contribution >= 0.6 is 0 Å². The fourth-order valence-corrected chi connectivity index (χ4v) is 2.58. The molecule has 1 amide bonds. The second-order valence-electron chi connectivity index (χ2n) is 5.67. The molecule has 2 aromatic heterocycles. The van der Waals surface area contributed by atoms with E-state index in [9.17, 15) is 4.79 Å². The summed E-state index contributed by atoms with van der Waals surface area (Å²) in [5.74, 6) is 0.503. The summed E-state index contributed by atoms with van der Waals surface area (Å²) in [5.41, 5.74) is 3.63. The van der Waals surface area contributed by atoms with Gasteiger partial charge in [-0.05, 0) is 43.2 Å². The minimum Gasteiger partial charge on any atom is -0.361 e. The number of fused-ring (bicyclic) bond motifs is 1. The molecule has 1 fully saturated rings. The SMILES string of the molecule is O=C(NCc1cc(C2CC2)ncn1)c1ccc2[nH]ccc2c1. The van der Waals surface area contributed by atoms with Crippen molar-refractivity contribution in [1.82, 2.24) is 20.3 Å². The van der Waals surface area contributed by atoms with Crippen LogP contribution in [-0.4, -0.2) is 20.9 Å². The van der Waals surface area contributed by atoms with E-state index in [1.165, 1.54) is 12.8 Å². The van der Waals surface area contributed by atoms with Gasteiger partial charge in [-0.2, -0.15) is 0 Å². The van der Waals surface area contributed by atoms with E-state index in [1.807, 2.05) is 36.5 Å². The van der Waals surface area contributed by atoms with Crippen molar-refractivity contribution in [1.29, 1.82) is 0 Å². The predicted molar refractivity (Wildman–Crippen MR) is 83.5 cm³/mol. The van der Waals surface area contributed by atoms with E-state index in [-0.39, 0.29) is 5.91 Å². The van der Waals surface area contributed by atoms with Gasteiger partial charge in [0.05, 0.1) is 12.2 Å². The molecule has 1 saturated carbocycles. The zero-order valence-corrected chi connectivity index (χ0v) is 12.0. The first kappa shape index (κ1) is 13.0. The van der Waals surface area contributed by atoms with Crippen LogP contribution in [0.3, 0.4) is 0 Å². The highest BCUT2D eigenvalue weighted by Gasteiger charge is 2.25. The maximum absolute atomic E-state index is 12.2. The summed E-state index contributed by atoms with van der Waals surface area (Å²) in [7, 11) is 0. The average Bonchev–Trinajstić information content (AvgIpc) is 3.30. The Labute approximate surface area is 127 Å². The quantitative estimate of drug-likeness (QED) is 0.776. The maximum Gasteiger partial charge on any atom is 0.251 e. The second-order valence-corrected chi connectivity index (χ2v) is 5.67. The number of carbonyl (C=O) groups is 1. The lowest BCUT2D eigenvalue weighted by molar-refractivity contribution is 0.0950. The molecule has 22 heavy (non-hydrogen) atoms. The molecule has 3 aromatic rings. The van der Waals surface area contributed by atoms with Crippen LogP contribution in [0, 0.1) is 0 Å². The molecule has 0 unspecified atom stereocenters. The van der Waals surface area contributed by atoms with Gasteiger partial charge in [0, 0.05) is 34.3 Å². The van der Waals surface area contributed by atoms with E-state index < -0.39 is 0 Å². The Morgan fingerprint density at radius 3 is 3.00 bits per heavy atom. The molecule has 1 aliphatic rings. The first-order valence-electron chi connectivity index (χ1n) is 7.46. The van der Waals surface area contributed by atoms with Crippen LogP contribution < -0.4 is 5.32 Å². The van der Waals surface area contributed by atoms with Crippen molar-refractivity contribution in [3.63, 3.8) is 0 Å². The van der Waals surface area contributed by atoms with E-state index in [2.05, 4.69) is 20.3 Å². The Bertz CT molecular complexity index is 835. The molecule has 4 rings (SSSR count). The molecular weight excluding hydrogens is 276 g/mol. The number of hydrogen-bond donors (Lipinski definition) is 2. The first-order chi connectivity index (χ1) is 10.8. The van der Waals surface area contributed by atoms with Crippen molar-refractivity contribution >= 4 is 16.8 Å². The van der Waals surface area contributed by atoms with Gasteiger partial charge in [0.1, 0.15) is 6.33 Å². The number of aromatic amines is 1. The summed E-state index contributed by atoms with van der Waals surface area (Å²) in [5, 5.41) is 3.95. The van der Waals surface area contributed by atoms with Crippen LogP contribution in [0.15, 0.2) is 42.9 Å². The summed E-state index contributed by atoms with van der Waals surface area (Å²) in [6.07, 6.45) is 5.87. The normalized spacial score (nSPS) is 14.2. The predicted octanol–water partition coefficient (Wildman–Crippen LogP) is 2.77. The lowest BCUT2D eigenvalue weighted by atomic mass is 10.1. The van der Waals surface area contributed by atoms with Crippen molar-refractivity contribution < 1.29 is 4.79 Å².